The van der Waals surface area contributed by atoms with Crippen molar-refractivity contribution < 1.29 is 13.6 Å². The second-order valence-electron chi connectivity index (χ2n) is 24.1. The zero-order valence-electron chi connectivity index (χ0n) is 49.4. The van der Waals surface area contributed by atoms with Gasteiger partial charge in [0, 0.05) is 61.1 Å². The molecule has 0 bridgehead atoms. The molecule has 0 atom stereocenters. The van der Waals surface area contributed by atoms with Crippen molar-refractivity contribution in [2.75, 3.05) is 4.90 Å². The fraction of sp³-hybridized carbons (Fsp3) is 0. The van der Waals surface area contributed by atoms with E-state index in [9.17, 15) is 0 Å². The molecule has 0 spiro atoms. The summed E-state index contributed by atoms with van der Waals surface area (Å²) in [5.41, 5.74) is 33.2. The Labute approximate surface area is 506 Å². The molecular formula is C72H51B9N2O3. The highest BCUT2D eigenvalue weighted by Gasteiger charge is 2.44. The van der Waals surface area contributed by atoms with Gasteiger partial charge >= 0.3 is 0 Å². The Bertz CT molecular complexity index is 5330. The van der Waals surface area contributed by atoms with E-state index in [2.05, 4.69) is 266 Å². The number of aromatic nitrogens is 1. The molecule has 0 unspecified atom stereocenters. The third-order valence-electron chi connectivity index (χ3n) is 19.9. The standard InChI is InChI=1S/C72H51B9N2O3/c73-61-59-60-62(74)64(76)66(78)68(80)72(60)82(71(59)67(79)65(77)63(61)75)42-34-52-69-58(35-42)86-57-33-41(39-25-29-56-48(31-39)46-17-8-10-21-54(46)85-56)23-27-50(57)81(69)49-26-22-40(38-24-28-55-47(30-38)45-16-7-9-20-53(45)84-55)32-51(49)83(52)70-43(36-12-3-1-4-13-36)18-11-19-44(70)37-14-5-2-6-15-37/h1-35H,73-80H2. The van der Waals surface area contributed by atoms with Crippen LogP contribution in [0.4, 0.5) is 17.1 Å². The minimum absolute atomic E-state index is 0.197. The lowest BCUT2D eigenvalue weighted by atomic mass is 9.34. The molecule has 15 aromatic rings. The van der Waals surface area contributed by atoms with Gasteiger partial charge in [0.25, 0.3) is 6.71 Å². The molecule has 2 aliphatic heterocycles. The quantitative estimate of drug-likeness (QED) is 0.239. The van der Waals surface area contributed by atoms with Crippen molar-refractivity contribution >= 4 is 212 Å². The van der Waals surface area contributed by atoms with Crippen molar-refractivity contribution in [3.63, 3.8) is 0 Å². The summed E-state index contributed by atoms with van der Waals surface area (Å²) in [4.78, 5) is 2.61. The Kier molecular flexibility index (Phi) is 11.1. The van der Waals surface area contributed by atoms with E-state index < -0.39 is 0 Å². The number of rotatable bonds is 6. The Morgan fingerprint density at radius 2 is 0.791 bits per heavy atom. The van der Waals surface area contributed by atoms with Crippen molar-refractivity contribution in [1.29, 1.82) is 0 Å². The van der Waals surface area contributed by atoms with Gasteiger partial charge in [-0.3, -0.25) is 0 Å². The van der Waals surface area contributed by atoms with Gasteiger partial charge in [0.1, 0.15) is 96.6 Å². The molecule has 394 valence electrons. The summed E-state index contributed by atoms with van der Waals surface area (Å²) in [7, 11) is 18.5. The van der Waals surface area contributed by atoms with Crippen molar-refractivity contribution in [3.05, 3.63) is 212 Å². The number of anilines is 3. The second kappa shape index (κ2) is 18.9. The lowest BCUT2D eigenvalue weighted by Crippen LogP contribution is -2.59. The summed E-state index contributed by atoms with van der Waals surface area (Å²) >= 11 is 0. The van der Waals surface area contributed by atoms with Gasteiger partial charge < -0.3 is 23.0 Å². The number of nitrogens with zero attached hydrogens (tertiary/aromatic N) is 2. The average molecular weight is 1090 g/mol. The molecule has 0 aliphatic carbocycles. The van der Waals surface area contributed by atoms with Crippen LogP contribution in [0.25, 0.3) is 116 Å². The Morgan fingerprint density at radius 3 is 1.35 bits per heavy atom. The molecule has 17 rings (SSSR count). The van der Waals surface area contributed by atoms with Gasteiger partial charge in [-0.25, -0.2) is 0 Å². The molecule has 3 aromatic heterocycles. The van der Waals surface area contributed by atoms with Crippen LogP contribution in [-0.4, -0.2) is 74.1 Å². The lowest BCUT2D eigenvalue weighted by molar-refractivity contribution is 0.487. The highest BCUT2D eigenvalue weighted by atomic mass is 16.5. The monoisotopic (exact) mass is 1090 g/mol. The van der Waals surface area contributed by atoms with Crippen molar-refractivity contribution in [3.8, 4) is 61.7 Å². The minimum Gasteiger partial charge on any atom is -0.458 e. The van der Waals surface area contributed by atoms with Crippen LogP contribution < -0.4 is 69.7 Å². The number of fused-ring (bicyclic) bond motifs is 13. The summed E-state index contributed by atoms with van der Waals surface area (Å²) in [6, 6.07) is 77.5. The number of ether oxygens (including phenoxy) is 1. The predicted octanol–water partition coefficient (Wildman–Crippen LogP) is 3.72. The third-order valence-corrected chi connectivity index (χ3v) is 19.9. The molecule has 0 saturated heterocycles. The molecule has 0 radical (unpaired) electrons. The van der Waals surface area contributed by atoms with Gasteiger partial charge in [-0.05, 0) is 115 Å². The van der Waals surface area contributed by atoms with Crippen molar-refractivity contribution in [2.45, 2.75) is 0 Å². The van der Waals surface area contributed by atoms with Gasteiger partial charge in [0.2, 0.25) is 0 Å². The normalized spacial score (nSPS) is 12.6. The van der Waals surface area contributed by atoms with Crippen LogP contribution in [0, 0.1) is 0 Å². The fourth-order valence-corrected chi connectivity index (χ4v) is 14.9. The zero-order chi connectivity index (χ0) is 58.0. The topological polar surface area (TPSA) is 43.7 Å². The van der Waals surface area contributed by atoms with Crippen LogP contribution in [0.1, 0.15) is 0 Å². The first-order valence-corrected chi connectivity index (χ1v) is 30.0. The molecule has 0 saturated carbocycles. The van der Waals surface area contributed by atoms with Gasteiger partial charge in [0.15, 0.2) is 0 Å². The molecule has 2 aliphatic rings. The van der Waals surface area contributed by atoms with Crippen LogP contribution in [0.15, 0.2) is 221 Å². The average Bonchev–Trinajstić information content (AvgIpc) is 1.32. The van der Waals surface area contributed by atoms with Crippen molar-refractivity contribution in [2.24, 2.45) is 0 Å². The Balaban J connectivity index is 1.00. The van der Waals surface area contributed by atoms with Crippen LogP contribution in [0.5, 0.6) is 11.5 Å². The molecule has 0 fully saturated rings. The number of hydrogen-bond donors (Lipinski definition) is 0. The molecule has 5 heterocycles. The molecule has 86 heavy (non-hydrogen) atoms. The van der Waals surface area contributed by atoms with E-state index in [0.29, 0.717) is 0 Å². The maximum absolute atomic E-state index is 7.71. The van der Waals surface area contributed by atoms with E-state index in [4.69, 9.17) is 13.6 Å². The van der Waals surface area contributed by atoms with Gasteiger partial charge in [-0.1, -0.05) is 184 Å². The summed E-state index contributed by atoms with van der Waals surface area (Å²) in [6.45, 7) is -0.197. The molecule has 0 amide bonds. The minimum atomic E-state index is -0.197. The molecule has 12 aromatic carbocycles. The first kappa shape index (κ1) is 50.7. The zero-order valence-corrected chi connectivity index (χ0v) is 49.4. The van der Waals surface area contributed by atoms with Crippen LogP contribution in [-0.2, 0) is 0 Å². The lowest BCUT2D eigenvalue weighted by Gasteiger charge is -2.42. The van der Waals surface area contributed by atoms with Gasteiger partial charge in [-0.2, -0.15) is 0 Å². The molecule has 5 nitrogen and oxygen atoms in total. The van der Waals surface area contributed by atoms with Gasteiger partial charge in [-0.15, -0.1) is 10.9 Å². The van der Waals surface area contributed by atoms with Crippen LogP contribution in [0.3, 0.4) is 0 Å². The first-order valence-electron chi connectivity index (χ1n) is 30.0. The largest absolute Gasteiger partial charge is 0.458 e. The molecule has 0 N–H and O–H groups in total. The van der Waals surface area contributed by atoms with Crippen molar-refractivity contribution in [1.82, 2.24) is 4.57 Å². The molecule has 14 heteroatoms. The first-order chi connectivity index (χ1) is 42.0. The summed E-state index contributed by atoms with van der Waals surface area (Å²) in [6.07, 6.45) is 0. The Hall–Kier alpha value is -9.78. The molecular weight excluding hydrogens is 1040 g/mol. The summed E-state index contributed by atoms with van der Waals surface area (Å²) in [5.74, 6) is 1.68. The number of furan rings is 2. The summed E-state index contributed by atoms with van der Waals surface area (Å²) in [5, 5.41) is 7.05. The number of hydrogen-bond acceptors (Lipinski definition) is 4. The number of benzene rings is 12. The highest BCUT2D eigenvalue weighted by Crippen LogP contribution is 2.51. The maximum Gasteiger partial charge on any atom is 0.256 e. The van der Waals surface area contributed by atoms with E-state index in [1.165, 1.54) is 71.0 Å². The van der Waals surface area contributed by atoms with E-state index in [1.54, 1.807) is 0 Å². The van der Waals surface area contributed by atoms with E-state index >= 15 is 0 Å². The predicted molar refractivity (Wildman–Crippen MR) is 388 cm³/mol. The van der Waals surface area contributed by atoms with E-state index in [1.807, 2.05) is 18.2 Å². The maximum atomic E-state index is 7.71. The third kappa shape index (κ3) is 7.25. The fourth-order valence-electron chi connectivity index (χ4n) is 14.9. The number of para-hydroxylation sites is 3. The van der Waals surface area contributed by atoms with Gasteiger partial charge in [0.05, 0.1) is 11.4 Å². The van der Waals surface area contributed by atoms with E-state index in [-0.39, 0.29) is 6.71 Å². The highest BCUT2D eigenvalue weighted by molar-refractivity contribution is 6.99. The Morgan fingerprint density at radius 1 is 0.326 bits per heavy atom. The summed E-state index contributed by atoms with van der Waals surface area (Å²) < 4.78 is 23.1. The van der Waals surface area contributed by atoms with Crippen LogP contribution in [0.2, 0.25) is 0 Å². The van der Waals surface area contributed by atoms with E-state index in [0.717, 1.165) is 134 Å². The smallest absolute Gasteiger partial charge is 0.256 e. The SMILES string of the molecule is Bc1c(B)c(B)c2c(c1B)c1c(B)c(B)c(B)c(B)c1n2-c1cc2c3c(c1)N(c1c(-c4ccccc4)cccc1-c1ccccc1)c1cc(-c4ccc5oc6ccccc6c5c4)ccc1B3c1ccc(-c3ccc4oc5ccccc5c4c3)cc1O2. The van der Waals surface area contributed by atoms with Crippen LogP contribution >= 0.6 is 0 Å². The second-order valence-corrected chi connectivity index (χ2v) is 24.1.